The first kappa shape index (κ1) is 26.8. The van der Waals surface area contributed by atoms with Gasteiger partial charge in [0.1, 0.15) is 17.0 Å². The van der Waals surface area contributed by atoms with Gasteiger partial charge in [-0.05, 0) is 44.9 Å². The number of carbonyl (C=O) groups is 2. The number of nitrogens with one attached hydrogen (secondary N) is 1. The Morgan fingerprint density at radius 2 is 1.75 bits per heavy atom. The first-order valence-corrected chi connectivity index (χ1v) is 12.7. The number of nitrogens with zero attached hydrogens (tertiary/aromatic N) is 5. The SMILES string of the molecule is CC.CC.CC1(C)OC(=O)c2c1ccnc2NC1CCCN(C(=O)c2ccccc2-n2nccn2)C1. The minimum Gasteiger partial charge on any atom is -0.451 e. The van der Waals surface area contributed by atoms with Crippen molar-refractivity contribution in [1.29, 1.82) is 0 Å². The third kappa shape index (κ3) is 5.40. The summed E-state index contributed by atoms with van der Waals surface area (Å²) in [6.45, 7) is 12.9. The molecule has 2 aliphatic rings. The third-order valence-corrected chi connectivity index (χ3v) is 5.97. The van der Waals surface area contributed by atoms with E-state index in [9.17, 15) is 9.59 Å². The molecule has 1 unspecified atom stereocenters. The smallest absolute Gasteiger partial charge is 0.343 e. The average molecular weight is 493 g/mol. The van der Waals surface area contributed by atoms with Crippen LogP contribution in [0, 0.1) is 0 Å². The van der Waals surface area contributed by atoms with Gasteiger partial charge in [-0.1, -0.05) is 39.8 Å². The molecule has 0 bridgehead atoms. The maximum absolute atomic E-state index is 13.4. The Kier molecular flexibility index (Phi) is 8.79. The number of aromatic nitrogens is 4. The van der Waals surface area contributed by atoms with Crippen molar-refractivity contribution in [3.8, 4) is 5.69 Å². The third-order valence-electron chi connectivity index (χ3n) is 5.97. The van der Waals surface area contributed by atoms with E-state index in [2.05, 4.69) is 20.5 Å². The van der Waals surface area contributed by atoms with Crippen molar-refractivity contribution in [2.45, 2.75) is 66.0 Å². The van der Waals surface area contributed by atoms with Crippen LogP contribution in [0.4, 0.5) is 5.82 Å². The number of benzene rings is 1. The number of esters is 1. The van der Waals surface area contributed by atoms with Crippen molar-refractivity contribution in [3.05, 3.63) is 65.6 Å². The normalized spacial score (nSPS) is 17.6. The topological polar surface area (TPSA) is 102 Å². The number of anilines is 1. The summed E-state index contributed by atoms with van der Waals surface area (Å²) in [6, 6.07) is 9.11. The molecule has 0 spiro atoms. The zero-order valence-electron chi connectivity index (χ0n) is 22.0. The van der Waals surface area contributed by atoms with E-state index in [1.165, 1.54) is 4.80 Å². The van der Waals surface area contributed by atoms with Crippen LogP contribution in [-0.2, 0) is 10.3 Å². The van der Waals surface area contributed by atoms with Gasteiger partial charge in [-0.25, -0.2) is 9.78 Å². The molecule has 1 atom stereocenters. The largest absolute Gasteiger partial charge is 0.451 e. The number of fused-ring (bicyclic) bond motifs is 1. The van der Waals surface area contributed by atoms with E-state index in [1.54, 1.807) is 24.7 Å². The molecule has 0 radical (unpaired) electrons. The molecule has 1 aromatic carbocycles. The number of likely N-dealkylation sites (tertiary alicyclic amines) is 1. The van der Waals surface area contributed by atoms with Crippen molar-refractivity contribution in [3.63, 3.8) is 0 Å². The predicted molar refractivity (Wildman–Crippen MR) is 139 cm³/mol. The standard InChI is InChI=1S/C23H24N6O3.2C2H6/c1-23(2)17-9-10-24-20(19(17)22(31)32-23)27-15-6-5-13-28(14-15)21(30)16-7-3-4-8-18(16)29-25-11-12-26-29;2*1-2/h3-4,7-12,15H,5-6,13-14H2,1-2H3,(H,24,27);2*1-2H3. The quantitative estimate of drug-likeness (QED) is 0.520. The number of amides is 1. The summed E-state index contributed by atoms with van der Waals surface area (Å²) in [5, 5.41) is 11.7. The highest BCUT2D eigenvalue weighted by atomic mass is 16.6. The minimum absolute atomic E-state index is 0.0294. The lowest BCUT2D eigenvalue weighted by Gasteiger charge is -2.34. The van der Waals surface area contributed by atoms with Gasteiger partial charge in [0.2, 0.25) is 0 Å². The molecule has 1 amide bonds. The van der Waals surface area contributed by atoms with E-state index < -0.39 is 5.60 Å². The monoisotopic (exact) mass is 492 g/mol. The number of hydrogen-bond donors (Lipinski definition) is 1. The average Bonchev–Trinajstić information content (AvgIpc) is 3.53. The van der Waals surface area contributed by atoms with Crippen molar-refractivity contribution in [2.75, 3.05) is 18.4 Å². The van der Waals surface area contributed by atoms with Gasteiger partial charge in [-0.2, -0.15) is 15.0 Å². The van der Waals surface area contributed by atoms with E-state index in [0.717, 1.165) is 18.4 Å². The highest BCUT2D eigenvalue weighted by Crippen LogP contribution is 2.38. The first-order chi connectivity index (χ1) is 17.4. The van der Waals surface area contributed by atoms with Crippen LogP contribution in [0.3, 0.4) is 0 Å². The molecule has 0 aliphatic carbocycles. The molecule has 9 nitrogen and oxygen atoms in total. The minimum atomic E-state index is -0.676. The summed E-state index contributed by atoms with van der Waals surface area (Å²) in [4.78, 5) is 33.5. The molecular weight excluding hydrogens is 456 g/mol. The fourth-order valence-electron chi connectivity index (χ4n) is 4.43. The van der Waals surface area contributed by atoms with Crippen molar-refractivity contribution >= 4 is 17.7 Å². The summed E-state index contributed by atoms with van der Waals surface area (Å²) in [7, 11) is 0. The predicted octanol–water partition coefficient (Wildman–Crippen LogP) is 4.84. The second-order valence-electron chi connectivity index (χ2n) is 8.55. The summed E-state index contributed by atoms with van der Waals surface area (Å²) in [5.74, 6) is 0.0692. The molecule has 1 fully saturated rings. The molecule has 5 rings (SSSR count). The van der Waals surface area contributed by atoms with Crippen LogP contribution >= 0.6 is 0 Å². The second-order valence-corrected chi connectivity index (χ2v) is 8.55. The number of para-hydroxylation sites is 1. The Bertz CT molecular complexity index is 1180. The van der Waals surface area contributed by atoms with Gasteiger partial charge in [-0.15, -0.1) is 0 Å². The highest BCUT2D eigenvalue weighted by molar-refractivity contribution is 5.99. The second kappa shape index (κ2) is 11.8. The van der Waals surface area contributed by atoms with Crippen molar-refractivity contribution in [2.24, 2.45) is 0 Å². The van der Waals surface area contributed by atoms with E-state index in [0.29, 0.717) is 35.7 Å². The Morgan fingerprint density at radius 1 is 1.06 bits per heavy atom. The molecule has 192 valence electrons. The molecule has 0 saturated carbocycles. The van der Waals surface area contributed by atoms with Gasteiger partial charge in [-0.3, -0.25) is 4.79 Å². The van der Waals surface area contributed by atoms with Crippen LogP contribution < -0.4 is 5.32 Å². The molecule has 1 saturated heterocycles. The Morgan fingerprint density at radius 3 is 2.47 bits per heavy atom. The zero-order chi connectivity index (χ0) is 26.3. The van der Waals surface area contributed by atoms with Crippen LogP contribution in [0.1, 0.15) is 80.7 Å². The number of cyclic esters (lactones) is 1. The van der Waals surface area contributed by atoms with Crippen LogP contribution in [0.15, 0.2) is 48.9 Å². The maximum atomic E-state index is 13.4. The van der Waals surface area contributed by atoms with Gasteiger partial charge in [0.05, 0.1) is 23.6 Å². The number of piperidine rings is 1. The van der Waals surface area contributed by atoms with Crippen LogP contribution in [0.2, 0.25) is 0 Å². The summed E-state index contributed by atoms with van der Waals surface area (Å²) < 4.78 is 5.52. The van der Waals surface area contributed by atoms with Gasteiger partial charge in [0.25, 0.3) is 5.91 Å². The molecule has 3 aromatic rings. The Hall–Kier alpha value is -3.75. The lowest BCUT2D eigenvalue weighted by atomic mass is 9.97. The van der Waals surface area contributed by atoms with Crippen molar-refractivity contribution in [1.82, 2.24) is 24.9 Å². The van der Waals surface area contributed by atoms with Crippen molar-refractivity contribution < 1.29 is 14.3 Å². The molecule has 36 heavy (non-hydrogen) atoms. The number of pyridine rings is 1. The maximum Gasteiger partial charge on any atom is 0.343 e. The van der Waals surface area contributed by atoms with E-state index in [-0.39, 0.29) is 17.9 Å². The number of carbonyl (C=O) groups excluding carboxylic acids is 2. The van der Waals surface area contributed by atoms with E-state index in [4.69, 9.17) is 4.74 Å². The van der Waals surface area contributed by atoms with E-state index in [1.807, 2.05) is 70.7 Å². The molecule has 9 heteroatoms. The molecule has 4 heterocycles. The van der Waals surface area contributed by atoms with Gasteiger partial charge in [0, 0.05) is 30.9 Å². The van der Waals surface area contributed by atoms with Crippen LogP contribution in [0.25, 0.3) is 5.69 Å². The number of ether oxygens (including phenoxy) is 1. The Labute approximate surface area is 212 Å². The van der Waals surface area contributed by atoms with Crippen LogP contribution in [0.5, 0.6) is 0 Å². The number of hydrogen-bond acceptors (Lipinski definition) is 7. The lowest BCUT2D eigenvalue weighted by Crippen LogP contribution is -2.45. The molecular formula is C27H36N6O3. The fraction of sp³-hybridized carbons (Fsp3) is 0.444. The summed E-state index contributed by atoms with van der Waals surface area (Å²) in [6.07, 6.45) is 6.57. The molecule has 2 aliphatic heterocycles. The summed E-state index contributed by atoms with van der Waals surface area (Å²) >= 11 is 0. The van der Waals surface area contributed by atoms with Crippen LogP contribution in [-0.4, -0.2) is 55.9 Å². The van der Waals surface area contributed by atoms with Gasteiger partial charge >= 0.3 is 5.97 Å². The fourth-order valence-corrected chi connectivity index (χ4v) is 4.43. The lowest BCUT2D eigenvalue weighted by molar-refractivity contribution is 0.00956. The number of rotatable bonds is 4. The Balaban J connectivity index is 0.000000861. The molecule has 1 N–H and O–H groups in total. The molecule has 2 aromatic heterocycles. The zero-order valence-corrected chi connectivity index (χ0v) is 22.0. The summed E-state index contributed by atoms with van der Waals surface area (Å²) in [5.41, 5.74) is 1.82. The van der Waals surface area contributed by atoms with Gasteiger partial charge in [0.15, 0.2) is 0 Å². The van der Waals surface area contributed by atoms with E-state index >= 15 is 0 Å². The first-order valence-electron chi connectivity index (χ1n) is 12.7. The van der Waals surface area contributed by atoms with Gasteiger partial charge < -0.3 is 15.0 Å². The highest BCUT2D eigenvalue weighted by Gasteiger charge is 2.40.